The first kappa shape index (κ1) is 11.0. The minimum Gasteiger partial charge on any atom is -0.320 e. The van der Waals surface area contributed by atoms with E-state index in [9.17, 15) is 0 Å². The molecule has 1 nitrogen and oxygen atoms in total. The molecule has 2 rings (SSSR count). The first-order valence-electron chi connectivity index (χ1n) is 4.40. The normalized spacial score (nSPS) is 12.7. The minimum atomic E-state index is -0.160. The fraction of sp³-hybridized carbons (Fsp3) is 0.0909. The topological polar surface area (TPSA) is 26.0 Å². The average molecular weight is 258 g/mol. The molecule has 4 heteroatoms. The molecule has 0 bridgehead atoms. The van der Waals surface area contributed by atoms with Crippen LogP contribution in [-0.2, 0) is 0 Å². The Morgan fingerprint density at radius 3 is 2.27 bits per heavy atom. The number of hydrogen-bond donors (Lipinski definition) is 1. The maximum atomic E-state index is 6.09. The second-order valence-electron chi connectivity index (χ2n) is 3.24. The molecule has 2 N–H and O–H groups in total. The summed E-state index contributed by atoms with van der Waals surface area (Å²) < 4.78 is 0. The van der Waals surface area contributed by atoms with Crippen molar-refractivity contribution in [2.24, 2.45) is 5.73 Å². The van der Waals surface area contributed by atoms with Gasteiger partial charge in [0.2, 0.25) is 0 Å². The molecule has 0 saturated carbocycles. The van der Waals surface area contributed by atoms with E-state index in [1.54, 1.807) is 17.4 Å². The number of nitrogens with two attached hydrogens (primary N) is 1. The van der Waals surface area contributed by atoms with Gasteiger partial charge in [0.25, 0.3) is 0 Å². The third-order valence-corrected chi connectivity index (χ3v) is 3.28. The van der Waals surface area contributed by atoms with Crippen LogP contribution in [0.1, 0.15) is 17.2 Å². The summed E-state index contributed by atoms with van der Waals surface area (Å²) >= 11 is 13.5. The summed E-state index contributed by atoms with van der Waals surface area (Å²) in [5, 5.41) is 5.26. The molecule has 1 atom stereocenters. The Morgan fingerprint density at radius 1 is 1.07 bits per heavy atom. The van der Waals surface area contributed by atoms with Crippen LogP contribution in [0.15, 0.2) is 35.0 Å². The van der Waals surface area contributed by atoms with Crippen LogP contribution in [0.4, 0.5) is 0 Å². The molecule has 0 fully saturated rings. The lowest BCUT2D eigenvalue weighted by atomic mass is 10.0. The molecule has 1 heterocycles. The first-order valence-corrected chi connectivity index (χ1v) is 6.10. The monoisotopic (exact) mass is 257 g/mol. The Labute approximate surface area is 102 Å². The first-order chi connectivity index (χ1) is 7.16. The van der Waals surface area contributed by atoms with Gasteiger partial charge in [-0.15, -0.1) is 0 Å². The van der Waals surface area contributed by atoms with E-state index in [0.29, 0.717) is 10.0 Å². The van der Waals surface area contributed by atoms with Gasteiger partial charge in [-0.3, -0.25) is 0 Å². The van der Waals surface area contributed by atoms with Crippen LogP contribution in [-0.4, -0.2) is 0 Å². The maximum Gasteiger partial charge on any atom is 0.0560 e. The van der Waals surface area contributed by atoms with Crippen molar-refractivity contribution in [1.82, 2.24) is 0 Å². The van der Waals surface area contributed by atoms with Crippen LogP contribution in [0.5, 0.6) is 0 Å². The summed E-state index contributed by atoms with van der Waals surface area (Å²) in [7, 11) is 0. The lowest BCUT2D eigenvalue weighted by Gasteiger charge is -2.11. The zero-order chi connectivity index (χ0) is 10.8. The fourth-order valence-electron chi connectivity index (χ4n) is 1.40. The lowest BCUT2D eigenvalue weighted by molar-refractivity contribution is 0.877. The third-order valence-electron chi connectivity index (χ3n) is 2.15. The molecule has 0 aliphatic carbocycles. The predicted molar refractivity (Wildman–Crippen MR) is 66.8 cm³/mol. The molecule has 0 amide bonds. The number of hydrogen-bond acceptors (Lipinski definition) is 2. The van der Waals surface area contributed by atoms with Crippen molar-refractivity contribution in [1.29, 1.82) is 0 Å². The van der Waals surface area contributed by atoms with E-state index in [1.165, 1.54) is 0 Å². The Kier molecular flexibility index (Phi) is 3.32. The Hall–Kier alpha value is -0.540. The van der Waals surface area contributed by atoms with Crippen LogP contribution in [0, 0.1) is 0 Å². The highest BCUT2D eigenvalue weighted by atomic mass is 35.5. The largest absolute Gasteiger partial charge is 0.320 e. The Morgan fingerprint density at radius 2 is 1.73 bits per heavy atom. The minimum absolute atomic E-state index is 0.160. The van der Waals surface area contributed by atoms with Crippen LogP contribution < -0.4 is 5.73 Å². The van der Waals surface area contributed by atoms with E-state index in [1.807, 2.05) is 29.0 Å². The second-order valence-corrected chi connectivity index (χ2v) is 4.89. The quantitative estimate of drug-likeness (QED) is 0.862. The summed E-state index contributed by atoms with van der Waals surface area (Å²) in [5.41, 5.74) is 8.11. The maximum absolute atomic E-state index is 6.09. The summed E-state index contributed by atoms with van der Waals surface area (Å²) in [6.07, 6.45) is 0. The summed E-state index contributed by atoms with van der Waals surface area (Å²) in [4.78, 5) is 0. The van der Waals surface area contributed by atoms with E-state index in [-0.39, 0.29) is 6.04 Å². The van der Waals surface area contributed by atoms with E-state index >= 15 is 0 Å². The Bertz CT molecular complexity index is 433. The van der Waals surface area contributed by atoms with Crippen molar-refractivity contribution >= 4 is 34.5 Å². The van der Waals surface area contributed by atoms with Gasteiger partial charge in [0.05, 0.1) is 6.04 Å². The molecule has 78 valence electrons. The van der Waals surface area contributed by atoms with Gasteiger partial charge >= 0.3 is 0 Å². The van der Waals surface area contributed by atoms with Gasteiger partial charge in [-0.1, -0.05) is 23.2 Å². The van der Waals surface area contributed by atoms with Crippen LogP contribution in [0.3, 0.4) is 0 Å². The van der Waals surface area contributed by atoms with Crippen molar-refractivity contribution in [3.8, 4) is 0 Å². The third kappa shape index (κ3) is 2.52. The lowest BCUT2D eigenvalue weighted by Crippen LogP contribution is -2.10. The highest BCUT2D eigenvalue weighted by molar-refractivity contribution is 7.08. The van der Waals surface area contributed by atoms with Crippen LogP contribution >= 0.6 is 34.5 Å². The zero-order valence-electron chi connectivity index (χ0n) is 7.78. The van der Waals surface area contributed by atoms with Gasteiger partial charge in [-0.05, 0) is 46.2 Å². The fourth-order valence-corrected chi connectivity index (χ4v) is 2.64. The molecule has 0 unspecified atom stereocenters. The summed E-state index contributed by atoms with van der Waals surface area (Å²) in [5.74, 6) is 0. The van der Waals surface area contributed by atoms with Crippen molar-refractivity contribution in [2.75, 3.05) is 0 Å². The van der Waals surface area contributed by atoms with E-state index in [0.717, 1.165) is 11.1 Å². The van der Waals surface area contributed by atoms with Gasteiger partial charge in [0, 0.05) is 10.0 Å². The highest BCUT2D eigenvalue weighted by Gasteiger charge is 2.10. The molecular weight excluding hydrogens is 249 g/mol. The van der Waals surface area contributed by atoms with E-state index in [4.69, 9.17) is 28.9 Å². The van der Waals surface area contributed by atoms with Gasteiger partial charge < -0.3 is 5.73 Å². The molecule has 0 radical (unpaired) electrons. The van der Waals surface area contributed by atoms with Crippen molar-refractivity contribution in [3.05, 3.63) is 56.2 Å². The molecule has 0 saturated heterocycles. The SMILES string of the molecule is N[C@@H](c1ccsc1)c1cc(Cl)cc(Cl)c1. The predicted octanol–water partition coefficient (Wildman–Crippen LogP) is 4.10. The molecule has 1 aromatic carbocycles. The van der Waals surface area contributed by atoms with Crippen molar-refractivity contribution < 1.29 is 0 Å². The molecule has 2 aromatic rings. The highest BCUT2D eigenvalue weighted by Crippen LogP contribution is 2.27. The van der Waals surface area contributed by atoms with Crippen molar-refractivity contribution in [3.63, 3.8) is 0 Å². The molecule has 15 heavy (non-hydrogen) atoms. The van der Waals surface area contributed by atoms with Gasteiger partial charge in [0.1, 0.15) is 0 Å². The molecule has 0 aliphatic rings. The number of halogens is 2. The number of thiophene rings is 1. The zero-order valence-corrected chi connectivity index (χ0v) is 10.1. The van der Waals surface area contributed by atoms with Crippen molar-refractivity contribution in [2.45, 2.75) is 6.04 Å². The molecular formula is C11H9Cl2NS. The van der Waals surface area contributed by atoms with Crippen LogP contribution in [0.2, 0.25) is 10.0 Å². The molecule has 0 spiro atoms. The average Bonchev–Trinajstić information content (AvgIpc) is 2.67. The smallest absolute Gasteiger partial charge is 0.0560 e. The van der Waals surface area contributed by atoms with Gasteiger partial charge in [0.15, 0.2) is 0 Å². The molecule has 0 aliphatic heterocycles. The number of rotatable bonds is 2. The second kappa shape index (κ2) is 4.54. The van der Waals surface area contributed by atoms with E-state index < -0.39 is 0 Å². The van der Waals surface area contributed by atoms with Gasteiger partial charge in [-0.25, -0.2) is 0 Å². The van der Waals surface area contributed by atoms with Gasteiger partial charge in [-0.2, -0.15) is 11.3 Å². The standard InChI is InChI=1S/C11H9Cl2NS/c12-9-3-8(4-10(13)5-9)11(14)7-1-2-15-6-7/h1-6,11H,14H2/t11-/m0/s1. The summed E-state index contributed by atoms with van der Waals surface area (Å²) in [6.45, 7) is 0. The van der Waals surface area contributed by atoms with Crippen LogP contribution in [0.25, 0.3) is 0 Å². The molecule has 1 aromatic heterocycles. The van der Waals surface area contributed by atoms with E-state index in [2.05, 4.69) is 0 Å². The Balaban J connectivity index is 2.37. The summed E-state index contributed by atoms with van der Waals surface area (Å²) in [6, 6.07) is 7.23. The number of benzene rings is 1.